The van der Waals surface area contributed by atoms with Crippen LogP contribution in [0.3, 0.4) is 0 Å². The van der Waals surface area contributed by atoms with Crippen molar-refractivity contribution in [3.8, 4) is 0 Å². The predicted octanol–water partition coefficient (Wildman–Crippen LogP) is 3.49. The Hall–Kier alpha value is -0.520. The van der Waals surface area contributed by atoms with E-state index < -0.39 is 14.6 Å². The molecule has 0 bridgehead atoms. The molecule has 5 heteroatoms. The molecule has 1 aromatic rings. The Bertz CT molecular complexity index is 546. The highest BCUT2D eigenvalue weighted by atomic mass is 32.2. The van der Waals surface area contributed by atoms with Crippen LogP contribution in [0.25, 0.3) is 0 Å². The molecule has 0 spiro atoms. The molecule has 1 aromatic carbocycles. The highest BCUT2D eigenvalue weighted by Gasteiger charge is 2.28. The van der Waals surface area contributed by atoms with E-state index in [-0.39, 0.29) is 5.75 Å². The van der Waals surface area contributed by atoms with Crippen LogP contribution < -0.4 is 5.32 Å². The van der Waals surface area contributed by atoms with Crippen molar-refractivity contribution in [1.82, 2.24) is 5.32 Å². The first-order valence-electron chi connectivity index (χ1n) is 7.29. The highest BCUT2D eigenvalue weighted by Crippen LogP contribution is 2.22. The van der Waals surface area contributed by atoms with Gasteiger partial charge in [0, 0.05) is 23.2 Å². The van der Waals surface area contributed by atoms with Crippen molar-refractivity contribution in [2.45, 2.75) is 56.8 Å². The normalized spacial score (nSPS) is 12.9. The van der Waals surface area contributed by atoms with Gasteiger partial charge in [-0.2, -0.15) is 0 Å². The second kappa shape index (κ2) is 7.65. The fourth-order valence-electron chi connectivity index (χ4n) is 1.64. The molecule has 0 unspecified atom stereocenters. The van der Waals surface area contributed by atoms with Crippen LogP contribution in [-0.2, 0) is 16.4 Å². The molecule has 1 N–H and O–H groups in total. The van der Waals surface area contributed by atoms with Gasteiger partial charge in [0.2, 0.25) is 0 Å². The Morgan fingerprint density at radius 3 is 2.48 bits per heavy atom. The molecule has 0 radical (unpaired) electrons. The molecule has 1 rings (SSSR count). The van der Waals surface area contributed by atoms with Crippen LogP contribution in [0, 0.1) is 0 Å². The topological polar surface area (TPSA) is 46.2 Å². The zero-order chi connectivity index (χ0) is 16.1. The minimum absolute atomic E-state index is 0.218. The minimum atomic E-state index is -3.03. The van der Waals surface area contributed by atoms with Gasteiger partial charge in [0.15, 0.2) is 9.84 Å². The van der Waals surface area contributed by atoms with Crippen LogP contribution in [0.5, 0.6) is 0 Å². The maximum Gasteiger partial charge on any atom is 0.156 e. The van der Waals surface area contributed by atoms with Crippen molar-refractivity contribution < 1.29 is 8.42 Å². The minimum Gasteiger partial charge on any atom is -0.310 e. The lowest BCUT2D eigenvalue weighted by Crippen LogP contribution is -2.31. The molecule has 0 amide bonds. The summed E-state index contributed by atoms with van der Waals surface area (Å²) in [7, 11) is -3.03. The zero-order valence-electron chi connectivity index (χ0n) is 13.6. The fraction of sp³-hybridized carbons (Fsp3) is 0.625. The van der Waals surface area contributed by atoms with Gasteiger partial charge in [-0.05, 0) is 38.5 Å². The lowest BCUT2D eigenvalue weighted by atomic mass is 10.2. The Labute approximate surface area is 133 Å². The summed E-state index contributed by atoms with van der Waals surface area (Å²) in [5.41, 5.74) is 1.23. The average molecular weight is 330 g/mol. The van der Waals surface area contributed by atoms with E-state index in [0.717, 1.165) is 11.4 Å². The molecular formula is C16H27NO2S2. The van der Waals surface area contributed by atoms with Crippen LogP contribution in [0.15, 0.2) is 29.2 Å². The Balaban J connectivity index is 2.55. The van der Waals surface area contributed by atoms with Crippen molar-refractivity contribution in [3.63, 3.8) is 0 Å². The molecule has 3 nitrogen and oxygen atoms in total. The number of benzene rings is 1. The molecule has 0 aliphatic heterocycles. The maximum absolute atomic E-state index is 12.1. The van der Waals surface area contributed by atoms with Crippen LogP contribution in [0.4, 0.5) is 0 Å². The van der Waals surface area contributed by atoms with E-state index in [1.807, 2.05) is 12.1 Å². The van der Waals surface area contributed by atoms with Gasteiger partial charge in [-0.15, -0.1) is 11.8 Å². The van der Waals surface area contributed by atoms with Crippen LogP contribution in [0.2, 0.25) is 0 Å². The molecule has 0 saturated carbocycles. The molecular weight excluding hydrogens is 302 g/mol. The quantitative estimate of drug-likeness (QED) is 0.778. The molecule has 0 heterocycles. The summed E-state index contributed by atoms with van der Waals surface area (Å²) < 4.78 is 23.5. The summed E-state index contributed by atoms with van der Waals surface area (Å²) in [6.45, 7) is 10.3. The standard InChI is InChI=1S/C16H27NO2S2/c1-13(2)17-12-14-7-6-8-15(11-14)20-9-10-21(18,19)16(3,4)5/h6-8,11,13,17H,9-10,12H2,1-5H3. The van der Waals surface area contributed by atoms with Gasteiger partial charge in [0.1, 0.15) is 0 Å². The lowest BCUT2D eigenvalue weighted by molar-refractivity contribution is 0.562. The third-order valence-electron chi connectivity index (χ3n) is 3.17. The smallest absolute Gasteiger partial charge is 0.156 e. The molecule has 0 aliphatic carbocycles. The highest BCUT2D eigenvalue weighted by molar-refractivity contribution is 8.01. The van der Waals surface area contributed by atoms with Gasteiger partial charge < -0.3 is 5.32 Å². The van der Waals surface area contributed by atoms with E-state index in [1.54, 1.807) is 32.5 Å². The summed E-state index contributed by atoms with van der Waals surface area (Å²) in [6, 6.07) is 8.73. The molecule has 0 aromatic heterocycles. The SMILES string of the molecule is CC(C)NCc1cccc(SCCS(=O)(=O)C(C)(C)C)c1. The molecule has 0 fully saturated rings. The Morgan fingerprint density at radius 2 is 1.90 bits per heavy atom. The van der Waals surface area contributed by atoms with Gasteiger partial charge in [0.25, 0.3) is 0 Å². The molecule has 21 heavy (non-hydrogen) atoms. The van der Waals surface area contributed by atoms with E-state index >= 15 is 0 Å². The first-order valence-corrected chi connectivity index (χ1v) is 9.93. The first-order chi connectivity index (χ1) is 9.62. The van der Waals surface area contributed by atoms with Crippen LogP contribution in [-0.4, -0.2) is 30.7 Å². The summed E-state index contributed by atoms with van der Waals surface area (Å²) >= 11 is 1.60. The van der Waals surface area contributed by atoms with Crippen molar-refractivity contribution in [3.05, 3.63) is 29.8 Å². The summed E-state index contributed by atoms with van der Waals surface area (Å²) in [5.74, 6) is 0.816. The molecule has 0 atom stereocenters. The van der Waals surface area contributed by atoms with Crippen molar-refractivity contribution in [2.75, 3.05) is 11.5 Å². The number of rotatable bonds is 7. The van der Waals surface area contributed by atoms with Gasteiger partial charge in [-0.3, -0.25) is 0 Å². The molecule has 0 saturated heterocycles. The Morgan fingerprint density at radius 1 is 1.24 bits per heavy atom. The number of sulfone groups is 1. The van der Waals surface area contributed by atoms with Gasteiger partial charge >= 0.3 is 0 Å². The third kappa shape index (κ3) is 6.41. The average Bonchev–Trinajstić information content (AvgIpc) is 2.35. The monoisotopic (exact) mass is 329 g/mol. The van der Waals surface area contributed by atoms with E-state index in [1.165, 1.54) is 5.56 Å². The number of hydrogen-bond donors (Lipinski definition) is 1. The largest absolute Gasteiger partial charge is 0.310 e. The van der Waals surface area contributed by atoms with E-state index in [9.17, 15) is 8.42 Å². The predicted molar refractivity (Wildman–Crippen MR) is 92.7 cm³/mol. The van der Waals surface area contributed by atoms with Crippen molar-refractivity contribution in [1.29, 1.82) is 0 Å². The molecule has 120 valence electrons. The fourth-order valence-corrected chi connectivity index (χ4v) is 4.11. The van der Waals surface area contributed by atoms with Crippen LogP contribution in [0.1, 0.15) is 40.2 Å². The summed E-state index contributed by atoms with van der Waals surface area (Å²) in [4.78, 5) is 1.13. The van der Waals surface area contributed by atoms with Crippen LogP contribution >= 0.6 is 11.8 Å². The Kier molecular flexibility index (Phi) is 6.75. The number of thioether (sulfide) groups is 1. The summed E-state index contributed by atoms with van der Waals surface area (Å²) in [6.07, 6.45) is 0. The second-order valence-corrected chi connectivity index (χ2v) is 10.5. The van der Waals surface area contributed by atoms with E-state index in [2.05, 4.69) is 31.3 Å². The second-order valence-electron chi connectivity index (χ2n) is 6.46. The first kappa shape index (κ1) is 18.5. The van der Waals surface area contributed by atoms with Gasteiger partial charge in [-0.25, -0.2) is 8.42 Å². The van der Waals surface area contributed by atoms with Crippen molar-refractivity contribution in [2.24, 2.45) is 0 Å². The van der Waals surface area contributed by atoms with Crippen molar-refractivity contribution >= 4 is 21.6 Å². The molecule has 0 aliphatic rings. The number of nitrogens with one attached hydrogen (secondary N) is 1. The van der Waals surface area contributed by atoms with E-state index in [0.29, 0.717) is 11.8 Å². The maximum atomic E-state index is 12.1. The van der Waals surface area contributed by atoms with Gasteiger partial charge in [0.05, 0.1) is 10.5 Å². The third-order valence-corrected chi connectivity index (χ3v) is 7.03. The number of hydrogen-bond acceptors (Lipinski definition) is 4. The zero-order valence-corrected chi connectivity index (χ0v) is 15.3. The van der Waals surface area contributed by atoms with E-state index in [4.69, 9.17) is 0 Å². The van der Waals surface area contributed by atoms with Gasteiger partial charge in [-0.1, -0.05) is 26.0 Å². The summed E-state index contributed by atoms with van der Waals surface area (Å²) in [5, 5.41) is 3.38. The lowest BCUT2D eigenvalue weighted by Gasteiger charge is -2.18.